The third kappa shape index (κ3) is 0.591. The van der Waals surface area contributed by atoms with Crippen molar-refractivity contribution in [1.82, 2.24) is 0 Å². The Morgan fingerprint density at radius 2 is 2.00 bits per heavy atom. The van der Waals surface area contributed by atoms with Gasteiger partial charge in [-0.05, 0) is 28.3 Å². The molecule has 0 spiro atoms. The third-order valence-corrected chi connectivity index (χ3v) is 2.43. The van der Waals surface area contributed by atoms with Gasteiger partial charge in [0, 0.05) is 0 Å². The average Bonchev–Trinajstić information content (AvgIpc) is 2.05. The first kappa shape index (κ1) is 5.36. The first-order chi connectivity index (χ1) is 5.43. The summed E-state index contributed by atoms with van der Waals surface area (Å²) in [6.07, 6.45) is 1.14. The Labute approximate surface area is 65.5 Å². The highest BCUT2D eigenvalue weighted by Crippen LogP contribution is 2.28. The predicted molar refractivity (Wildman–Crippen MR) is 46.8 cm³/mol. The molecule has 4 bridgehead atoms. The second kappa shape index (κ2) is 1.65. The second-order valence-corrected chi connectivity index (χ2v) is 3.15. The minimum atomic E-state index is 1.14. The van der Waals surface area contributed by atoms with E-state index in [1.54, 1.807) is 0 Å². The molecule has 0 saturated carbocycles. The van der Waals surface area contributed by atoms with Crippen LogP contribution in [0, 0.1) is 0 Å². The fourth-order valence-electron chi connectivity index (χ4n) is 1.88. The van der Waals surface area contributed by atoms with Crippen molar-refractivity contribution < 1.29 is 0 Å². The Hall–Kier alpha value is -1.30. The summed E-state index contributed by atoms with van der Waals surface area (Å²) in [6.45, 7) is 0. The zero-order valence-electron chi connectivity index (χ0n) is 6.17. The number of hydrogen-bond acceptors (Lipinski definition) is 0. The number of fused-ring (bicyclic) bond motifs is 1. The molecule has 0 radical (unpaired) electrons. The molecule has 0 aliphatic heterocycles. The molecular weight excluding hydrogens is 132 g/mol. The lowest BCUT2D eigenvalue weighted by Crippen LogP contribution is -1.96. The molecule has 0 saturated heterocycles. The van der Waals surface area contributed by atoms with Crippen molar-refractivity contribution in [1.29, 1.82) is 0 Å². The summed E-state index contributed by atoms with van der Waals surface area (Å²) in [5, 5.41) is 2.83. The van der Waals surface area contributed by atoms with Crippen LogP contribution in [-0.2, 0) is 6.42 Å². The summed E-state index contributed by atoms with van der Waals surface area (Å²) in [7, 11) is 0. The van der Waals surface area contributed by atoms with E-state index in [1.807, 2.05) is 0 Å². The van der Waals surface area contributed by atoms with E-state index in [4.69, 9.17) is 0 Å². The summed E-state index contributed by atoms with van der Waals surface area (Å²) < 4.78 is 0. The first-order valence-corrected chi connectivity index (χ1v) is 3.94. The zero-order valence-corrected chi connectivity index (χ0v) is 6.17. The molecule has 0 aromatic heterocycles. The molecule has 0 N–H and O–H groups in total. The molecule has 2 aliphatic rings. The molecule has 52 valence electrons. The lowest BCUT2D eigenvalue weighted by molar-refractivity contribution is 1.19. The molecule has 0 amide bonds. The van der Waals surface area contributed by atoms with E-state index in [-0.39, 0.29) is 0 Å². The van der Waals surface area contributed by atoms with E-state index in [9.17, 15) is 0 Å². The van der Waals surface area contributed by atoms with Crippen molar-refractivity contribution in [2.45, 2.75) is 6.42 Å². The van der Waals surface area contributed by atoms with E-state index in [0.717, 1.165) is 6.42 Å². The summed E-state index contributed by atoms with van der Waals surface area (Å²) in [4.78, 5) is 0. The highest BCUT2D eigenvalue weighted by molar-refractivity contribution is 5.89. The lowest BCUT2D eigenvalue weighted by atomic mass is 9.91. The Morgan fingerprint density at radius 1 is 1.00 bits per heavy atom. The van der Waals surface area contributed by atoms with Crippen LogP contribution >= 0.6 is 0 Å². The summed E-state index contributed by atoms with van der Waals surface area (Å²) >= 11 is 0. The van der Waals surface area contributed by atoms with Gasteiger partial charge in [0.05, 0.1) is 0 Å². The molecule has 0 heterocycles. The smallest absolute Gasteiger partial charge is 0.00194 e. The molecule has 0 nitrogen and oxygen atoms in total. The highest BCUT2D eigenvalue weighted by atomic mass is 14.1. The molecule has 2 aromatic carbocycles. The Kier molecular flexibility index (Phi) is 0.803. The van der Waals surface area contributed by atoms with E-state index in [2.05, 4.69) is 36.4 Å². The molecule has 2 aromatic rings. The van der Waals surface area contributed by atoms with Crippen molar-refractivity contribution in [3.05, 3.63) is 47.5 Å². The molecule has 11 heavy (non-hydrogen) atoms. The number of rotatable bonds is 0. The third-order valence-electron chi connectivity index (χ3n) is 2.43. The largest absolute Gasteiger partial charge is 0.0613 e. The van der Waals surface area contributed by atoms with Crippen molar-refractivity contribution in [3.8, 4) is 0 Å². The van der Waals surface area contributed by atoms with Gasteiger partial charge in [0.1, 0.15) is 0 Å². The van der Waals surface area contributed by atoms with E-state index in [1.165, 1.54) is 21.9 Å². The maximum absolute atomic E-state index is 2.28. The maximum atomic E-state index is 2.28. The van der Waals surface area contributed by atoms with Gasteiger partial charge in [0.25, 0.3) is 0 Å². The van der Waals surface area contributed by atoms with Crippen LogP contribution in [0.2, 0.25) is 0 Å². The topological polar surface area (TPSA) is 0 Å². The van der Waals surface area contributed by atoms with Crippen LogP contribution in [0.25, 0.3) is 10.8 Å². The molecule has 0 fully saturated rings. The van der Waals surface area contributed by atoms with Crippen molar-refractivity contribution in [2.75, 3.05) is 0 Å². The molecule has 2 aliphatic carbocycles. The Morgan fingerprint density at radius 3 is 2.73 bits per heavy atom. The highest BCUT2D eigenvalue weighted by Gasteiger charge is 2.08. The van der Waals surface area contributed by atoms with Crippen LogP contribution in [0.3, 0.4) is 0 Å². The summed E-state index contributed by atoms with van der Waals surface area (Å²) in [6, 6.07) is 13.3. The fourth-order valence-corrected chi connectivity index (χ4v) is 1.88. The lowest BCUT2D eigenvalue weighted by Gasteiger charge is -2.14. The Bertz CT molecular complexity index is 427. The van der Waals surface area contributed by atoms with Crippen LogP contribution in [0.1, 0.15) is 11.1 Å². The van der Waals surface area contributed by atoms with E-state index >= 15 is 0 Å². The van der Waals surface area contributed by atoms with Crippen LogP contribution in [0.4, 0.5) is 0 Å². The summed E-state index contributed by atoms with van der Waals surface area (Å²) in [5.41, 5.74) is 2.94. The van der Waals surface area contributed by atoms with Crippen LogP contribution in [0.5, 0.6) is 0 Å². The molecule has 0 atom stereocenters. The van der Waals surface area contributed by atoms with Gasteiger partial charge in [-0.25, -0.2) is 0 Å². The van der Waals surface area contributed by atoms with Crippen LogP contribution in [-0.4, -0.2) is 0 Å². The van der Waals surface area contributed by atoms with Gasteiger partial charge in [-0.15, -0.1) is 0 Å². The van der Waals surface area contributed by atoms with Gasteiger partial charge in [-0.3, -0.25) is 0 Å². The van der Waals surface area contributed by atoms with Crippen LogP contribution in [0.15, 0.2) is 36.4 Å². The zero-order chi connectivity index (χ0) is 7.26. The van der Waals surface area contributed by atoms with Crippen molar-refractivity contribution in [2.24, 2.45) is 0 Å². The second-order valence-electron chi connectivity index (χ2n) is 3.15. The average molecular weight is 140 g/mol. The summed E-state index contributed by atoms with van der Waals surface area (Å²) in [5.74, 6) is 0. The maximum Gasteiger partial charge on any atom is -0.00194 e. The van der Waals surface area contributed by atoms with Gasteiger partial charge in [0.15, 0.2) is 0 Å². The van der Waals surface area contributed by atoms with Gasteiger partial charge in [0.2, 0.25) is 0 Å². The van der Waals surface area contributed by atoms with Crippen LogP contribution < -0.4 is 0 Å². The van der Waals surface area contributed by atoms with Gasteiger partial charge >= 0.3 is 0 Å². The van der Waals surface area contributed by atoms with Gasteiger partial charge in [-0.2, -0.15) is 0 Å². The quantitative estimate of drug-likeness (QED) is 0.450. The van der Waals surface area contributed by atoms with Gasteiger partial charge in [-0.1, -0.05) is 36.4 Å². The monoisotopic (exact) mass is 140 g/mol. The molecule has 0 heteroatoms. The minimum Gasteiger partial charge on any atom is -0.0613 e. The standard InChI is InChI=1S/C11H8/c1-2-9-6-8-4-5-11(9)10(3-1)7-8/h1-6H,7H2. The first-order valence-electron chi connectivity index (χ1n) is 3.94. The SMILES string of the molecule is c1cc2c3ccc(cc3c1)C2. The molecular formula is C11H8. The normalized spacial score (nSPS) is 13.1. The van der Waals surface area contributed by atoms with E-state index < -0.39 is 0 Å². The minimum absolute atomic E-state index is 1.14. The van der Waals surface area contributed by atoms with Crippen molar-refractivity contribution in [3.63, 3.8) is 0 Å². The molecule has 0 unspecified atom stereocenters. The van der Waals surface area contributed by atoms with Crippen molar-refractivity contribution >= 4 is 10.8 Å². The number of benzene rings is 2. The predicted octanol–water partition coefficient (Wildman–Crippen LogP) is 2.74. The van der Waals surface area contributed by atoms with E-state index in [0.29, 0.717) is 0 Å². The van der Waals surface area contributed by atoms with Gasteiger partial charge < -0.3 is 0 Å². The fraction of sp³-hybridized carbons (Fsp3) is 0.0909. The Balaban J connectivity index is 2.67. The molecule has 4 rings (SSSR count). The number of hydrogen-bond donors (Lipinski definition) is 0.